The molecule has 0 fully saturated rings. The molecule has 9 heteroatoms. The van der Waals surface area contributed by atoms with Crippen molar-refractivity contribution in [3.63, 3.8) is 0 Å². The Hall–Kier alpha value is -2.29. The molecule has 0 aliphatic carbocycles. The van der Waals surface area contributed by atoms with Gasteiger partial charge in [0.25, 0.3) is 0 Å². The first-order valence-electron chi connectivity index (χ1n) is 9.36. The zero-order chi connectivity index (χ0) is 24.0. The largest absolute Gasteiger partial charge is 0.496 e. The van der Waals surface area contributed by atoms with Gasteiger partial charge in [0, 0.05) is 12.0 Å². The second kappa shape index (κ2) is 10.3. The van der Waals surface area contributed by atoms with Gasteiger partial charge in [-0.3, -0.25) is 0 Å². The summed E-state index contributed by atoms with van der Waals surface area (Å²) in [6, 6.07) is 8.11. The number of ether oxygens (including phenoxy) is 1. The third kappa shape index (κ3) is 8.05. The summed E-state index contributed by atoms with van der Waals surface area (Å²) in [6.07, 6.45) is -12.1. The van der Waals surface area contributed by atoms with Crippen LogP contribution in [0.25, 0.3) is 0 Å². The highest BCUT2D eigenvalue weighted by Crippen LogP contribution is 2.34. The molecule has 0 aromatic heterocycles. The Labute approximate surface area is 176 Å². The van der Waals surface area contributed by atoms with Crippen LogP contribution in [0.1, 0.15) is 43.9 Å². The van der Waals surface area contributed by atoms with Gasteiger partial charge in [0.2, 0.25) is 0 Å². The zero-order valence-corrected chi connectivity index (χ0v) is 17.5. The first kappa shape index (κ1) is 26.7. The predicted molar refractivity (Wildman–Crippen MR) is 103 cm³/mol. The molecular formula is C22H25F7O2. The molecule has 0 spiro atoms. The zero-order valence-electron chi connectivity index (χ0n) is 17.5. The predicted octanol–water partition coefficient (Wildman–Crippen LogP) is 6.69. The van der Waals surface area contributed by atoms with E-state index in [2.05, 4.69) is 20.8 Å². The third-order valence-electron chi connectivity index (χ3n) is 4.84. The van der Waals surface area contributed by atoms with E-state index < -0.39 is 30.4 Å². The van der Waals surface area contributed by atoms with Crippen molar-refractivity contribution in [2.45, 2.75) is 57.5 Å². The molecule has 1 N–H and O–H groups in total. The monoisotopic (exact) mass is 454 g/mol. The summed E-state index contributed by atoms with van der Waals surface area (Å²) in [6.45, 7) is 6.26. The van der Waals surface area contributed by atoms with Gasteiger partial charge in [0.05, 0.1) is 12.7 Å². The summed E-state index contributed by atoms with van der Waals surface area (Å²) < 4.78 is 91.1. The molecule has 0 radical (unpaired) electrons. The normalized spacial score (nSPS) is 13.3. The van der Waals surface area contributed by atoms with E-state index in [1.807, 2.05) is 0 Å². The van der Waals surface area contributed by atoms with Crippen LogP contribution in [0.15, 0.2) is 42.5 Å². The SMILES string of the molecule is CCC(C)(C)c1cc(F)ccc1OC.OC(Cc1cccc(C(F)(F)F)c1)C(F)(F)F. The Morgan fingerprint density at radius 1 is 0.968 bits per heavy atom. The van der Waals surface area contributed by atoms with E-state index in [0.717, 1.165) is 35.9 Å². The number of alkyl halides is 6. The standard InChI is InChI=1S/C12H17FO.C10H8F6O/c1-5-12(2,3)10-8-9(13)6-7-11(10)14-4;11-9(12,13)7-3-1-2-6(4-7)5-8(17)10(14,15)16/h6-8H,5H2,1-4H3;1-4,8,17H,5H2. The Morgan fingerprint density at radius 2 is 1.58 bits per heavy atom. The van der Waals surface area contributed by atoms with Gasteiger partial charge in [-0.15, -0.1) is 0 Å². The molecule has 2 aromatic rings. The number of aliphatic hydroxyl groups is 1. The Kier molecular flexibility index (Phi) is 8.93. The maximum Gasteiger partial charge on any atom is 0.416 e. The van der Waals surface area contributed by atoms with E-state index in [-0.39, 0.29) is 16.8 Å². The fourth-order valence-corrected chi connectivity index (χ4v) is 2.61. The summed E-state index contributed by atoms with van der Waals surface area (Å²) in [5.74, 6) is 0.556. The molecule has 0 aliphatic heterocycles. The van der Waals surface area contributed by atoms with Crippen molar-refractivity contribution >= 4 is 0 Å². The van der Waals surface area contributed by atoms with E-state index in [9.17, 15) is 30.7 Å². The number of hydrogen-bond acceptors (Lipinski definition) is 2. The van der Waals surface area contributed by atoms with Crippen LogP contribution in [0, 0.1) is 5.82 Å². The molecule has 0 saturated carbocycles. The van der Waals surface area contributed by atoms with Gasteiger partial charge < -0.3 is 9.84 Å². The fraction of sp³-hybridized carbons (Fsp3) is 0.455. The van der Waals surface area contributed by atoms with Crippen LogP contribution in [-0.2, 0) is 18.0 Å². The molecule has 1 unspecified atom stereocenters. The van der Waals surface area contributed by atoms with Crippen molar-refractivity contribution in [1.29, 1.82) is 0 Å². The Bertz CT molecular complexity index is 842. The molecule has 2 aromatic carbocycles. The van der Waals surface area contributed by atoms with Crippen molar-refractivity contribution in [3.8, 4) is 5.75 Å². The lowest BCUT2D eigenvalue weighted by atomic mass is 9.81. The number of hydrogen-bond donors (Lipinski definition) is 1. The lowest BCUT2D eigenvalue weighted by molar-refractivity contribution is -0.203. The lowest BCUT2D eigenvalue weighted by Gasteiger charge is -2.25. The van der Waals surface area contributed by atoms with Crippen molar-refractivity contribution < 1.29 is 40.6 Å². The van der Waals surface area contributed by atoms with Crippen LogP contribution in [0.3, 0.4) is 0 Å². The van der Waals surface area contributed by atoms with Gasteiger partial charge in [-0.05, 0) is 41.7 Å². The minimum absolute atomic E-state index is 0.0482. The van der Waals surface area contributed by atoms with Gasteiger partial charge in [-0.2, -0.15) is 26.3 Å². The van der Waals surface area contributed by atoms with Crippen LogP contribution in [0.5, 0.6) is 5.75 Å². The van der Waals surface area contributed by atoms with E-state index in [1.165, 1.54) is 6.07 Å². The van der Waals surface area contributed by atoms with Gasteiger partial charge >= 0.3 is 12.4 Å². The third-order valence-corrected chi connectivity index (χ3v) is 4.84. The van der Waals surface area contributed by atoms with E-state index >= 15 is 0 Å². The van der Waals surface area contributed by atoms with Crippen molar-refractivity contribution in [2.24, 2.45) is 0 Å². The number of aliphatic hydroxyl groups excluding tert-OH is 1. The van der Waals surface area contributed by atoms with Crippen molar-refractivity contribution in [1.82, 2.24) is 0 Å². The number of benzene rings is 2. The molecule has 0 aliphatic rings. The first-order chi connectivity index (χ1) is 14.1. The molecule has 1 atom stereocenters. The maximum absolute atomic E-state index is 13.1. The average Bonchev–Trinajstić information content (AvgIpc) is 2.67. The molecule has 0 saturated heterocycles. The molecule has 174 valence electrons. The fourth-order valence-electron chi connectivity index (χ4n) is 2.61. The summed E-state index contributed by atoms with van der Waals surface area (Å²) >= 11 is 0. The summed E-state index contributed by atoms with van der Waals surface area (Å²) in [4.78, 5) is 0. The van der Waals surface area contributed by atoms with Gasteiger partial charge in [0.1, 0.15) is 11.6 Å². The summed E-state index contributed by atoms with van der Waals surface area (Å²) in [5, 5.41) is 8.73. The summed E-state index contributed by atoms with van der Waals surface area (Å²) in [7, 11) is 1.61. The van der Waals surface area contributed by atoms with Crippen LogP contribution in [-0.4, -0.2) is 24.5 Å². The minimum atomic E-state index is -4.84. The van der Waals surface area contributed by atoms with Gasteiger partial charge in [0.15, 0.2) is 6.10 Å². The Balaban J connectivity index is 0.000000316. The molecule has 31 heavy (non-hydrogen) atoms. The van der Waals surface area contributed by atoms with Crippen LogP contribution < -0.4 is 4.74 Å². The first-order valence-corrected chi connectivity index (χ1v) is 9.36. The maximum atomic E-state index is 13.1. The molecule has 0 bridgehead atoms. The van der Waals surface area contributed by atoms with Crippen molar-refractivity contribution in [2.75, 3.05) is 7.11 Å². The van der Waals surface area contributed by atoms with Crippen LogP contribution in [0.2, 0.25) is 0 Å². The summed E-state index contributed by atoms with van der Waals surface area (Å²) in [5.41, 5.74) is -0.371. The van der Waals surface area contributed by atoms with Gasteiger partial charge in [-0.25, -0.2) is 4.39 Å². The number of rotatable bonds is 5. The lowest BCUT2D eigenvalue weighted by Crippen LogP contribution is -2.30. The second-order valence-corrected chi connectivity index (χ2v) is 7.54. The second-order valence-electron chi connectivity index (χ2n) is 7.54. The average molecular weight is 454 g/mol. The van der Waals surface area contributed by atoms with Crippen molar-refractivity contribution in [3.05, 3.63) is 65.0 Å². The highest BCUT2D eigenvalue weighted by molar-refractivity contribution is 5.39. The minimum Gasteiger partial charge on any atom is -0.496 e. The van der Waals surface area contributed by atoms with E-state index in [4.69, 9.17) is 9.84 Å². The van der Waals surface area contributed by atoms with E-state index in [1.54, 1.807) is 19.2 Å². The number of halogens is 7. The quantitative estimate of drug-likeness (QED) is 0.510. The smallest absolute Gasteiger partial charge is 0.416 e. The molecule has 0 heterocycles. The Morgan fingerprint density at radius 3 is 2.06 bits per heavy atom. The molecular weight excluding hydrogens is 429 g/mol. The topological polar surface area (TPSA) is 29.5 Å². The molecule has 2 rings (SSSR count). The number of methoxy groups -OCH3 is 1. The molecule has 2 nitrogen and oxygen atoms in total. The molecule has 0 amide bonds. The van der Waals surface area contributed by atoms with E-state index in [0.29, 0.717) is 6.07 Å². The van der Waals surface area contributed by atoms with Gasteiger partial charge in [-0.1, -0.05) is 39.0 Å². The highest BCUT2D eigenvalue weighted by Gasteiger charge is 2.38. The van der Waals surface area contributed by atoms with Crippen LogP contribution in [0.4, 0.5) is 30.7 Å². The highest BCUT2D eigenvalue weighted by atomic mass is 19.4. The van der Waals surface area contributed by atoms with Crippen LogP contribution >= 0.6 is 0 Å².